The molecule has 0 spiro atoms. The van der Waals surface area contributed by atoms with E-state index in [0.29, 0.717) is 0 Å². The average molecular weight is 455 g/mol. The van der Waals surface area contributed by atoms with Crippen molar-refractivity contribution in [3.05, 3.63) is 23.3 Å². The van der Waals surface area contributed by atoms with Gasteiger partial charge in [0.15, 0.2) is 11.6 Å². The van der Waals surface area contributed by atoms with Crippen LogP contribution in [0, 0.1) is 5.92 Å². The third-order valence-corrected chi connectivity index (χ3v) is 5.62. The fraction of sp³-hybridized carbons (Fsp3) is 0.571. The molecule has 0 amide bonds. The fourth-order valence-electron chi connectivity index (χ4n) is 4.28. The third kappa shape index (κ3) is 5.61. The monoisotopic (exact) mass is 455 g/mol. The van der Waals surface area contributed by atoms with Gasteiger partial charge in [-0.2, -0.15) is 0 Å². The number of carboxylic acid groups (broad SMARTS) is 1. The molecule has 0 heterocycles. The van der Waals surface area contributed by atoms with Crippen molar-refractivity contribution < 1.29 is 49.8 Å². The first-order valence-electron chi connectivity index (χ1n) is 10.1. The zero-order valence-electron chi connectivity index (χ0n) is 17.7. The molecule has 0 radical (unpaired) electrons. The number of hydrogen-bond acceptors (Lipinski definition) is 10. The molecular weight excluding hydrogens is 426 g/mol. The van der Waals surface area contributed by atoms with E-state index in [9.17, 15) is 39.9 Å². The molecule has 0 aromatic heterocycles. The molecule has 178 valence electrons. The van der Waals surface area contributed by atoms with Crippen LogP contribution in [0.4, 0.5) is 0 Å². The highest BCUT2D eigenvalue weighted by Crippen LogP contribution is 2.43. The number of aliphatic carboxylic acids is 1. The zero-order valence-corrected chi connectivity index (χ0v) is 17.7. The third-order valence-electron chi connectivity index (χ3n) is 5.62. The van der Waals surface area contributed by atoms with Crippen molar-refractivity contribution in [3.8, 4) is 11.5 Å². The Hall–Kier alpha value is -2.57. The van der Waals surface area contributed by atoms with Crippen LogP contribution in [-0.2, 0) is 16.0 Å². The number of phenolic OH excluding ortho intramolecular Hbond substituents is 1. The molecular formula is C21H29NO10. The summed E-state index contributed by atoms with van der Waals surface area (Å²) in [5.74, 6) is -4.72. The molecule has 0 fully saturated rings. The molecule has 1 aromatic rings. The Labute approximate surface area is 184 Å². The highest BCUT2D eigenvalue weighted by molar-refractivity contribution is 6.02. The van der Waals surface area contributed by atoms with Crippen LogP contribution in [0.25, 0.3) is 0 Å². The normalized spacial score (nSPS) is 20.8. The molecule has 0 aliphatic heterocycles. The van der Waals surface area contributed by atoms with E-state index >= 15 is 0 Å². The zero-order chi connectivity index (χ0) is 24.1. The smallest absolute Gasteiger partial charge is 0.310 e. The number of nitrogens with one attached hydrogen (secondary N) is 1. The van der Waals surface area contributed by atoms with Crippen molar-refractivity contribution >= 4 is 17.5 Å². The maximum atomic E-state index is 12.8. The highest BCUT2D eigenvalue weighted by atomic mass is 16.5. The number of carboxylic acids is 1. The van der Waals surface area contributed by atoms with E-state index < -0.39 is 73.6 Å². The minimum absolute atomic E-state index is 0.0189. The Morgan fingerprint density at radius 1 is 1.28 bits per heavy atom. The Kier molecular flexibility index (Phi) is 8.32. The second-order valence-corrected chi connectivity index (χ2v) is 8.11. The summed E-state index contributed by atoms with van der Waals surface area (Å²) in [6.07, 6.45) is -2.77. The van der Waals surface area contributed by atoms with E-state index in [2.05, 4.69) is 5.32 Å². The molecule has 1 aliphatic carbocycles. The largest absolute Gasteiger partial charge is 0.507 e. The van der Waals surface area contributed by atoms with E-state index in [1.165, 1.54) is 12.1 Å². The van der Waals surface area contributed by atoms with E-state index in [1.807, 2.05) is 0 Å². The first kappa shape index (κ1) is 25.7. The molecule has 0 saturated heterocycles. The molecule has 0 saturated carbocycles. The summed E-state index contributed by atoms with van der Waals surface area (Å²) in [5, 5.41) is 63.4. The molecule has 2 rings (SSSR count). The number of phenols is 1. The van der Waals surface area contributed by atoms with Gasteiger partial charge in [0.25, 0.3) is 0 Å². The summed E-state index contributed by atoms with van der Waals surface area (Å²) in [5.41, 5.74) is -3.92. The molecule has 1 aliphatic rings. The van der Waals surface area contributed by atoms with Crippen LogP contribution < -0.4 is 10.1 Å². The molecule has 3 unspecified atom stereocenters. The number of rotatable bonds is 12. The topological polar surface area (TPSA) is 194 Å². The number of fused-ring (bicyclic) bond motifs is 1. The summed E-state index contributed by atoms with van der Waals surface area (Å²) in [4.78, 5) is 36.1. The van der Waals surface area contributed by atoms with Crippen LogP contribution in [-0.4, -0.2) is 86.4 Å². The molecule has 1 aromatic carbocycles. The number of aromatic hydroxyl groups is 1. The van der Waals surface area contributed by atoms with Crippen molar-refractivity contribution in [3.63, 3.8) is 0 Å². The van der Waals surface area contributed by atoms with Crippen LogP contribution in [0.3, 0.4) is 0 Å². The Balaban J connectivity index is 2.44. The summed E-state index contributed by atoms with van der Waals surface area (Å²) < 4.78 is 5.53. The second kappa shape index (κ2) is 10.4. The predicted molar refractivity (Wildman–Crippen MR) is 109 cm³/mol. The lowest BCUT2D eigenvalue weighted by molar-refractivity contribution is -0.151. The summed E-state index contributed by atoms with van der Waals surface area (Å²) in [7, 11) is 1.63. The van der Waals surface area contributed by atoms with Gasteiger partial charge >= 0.3 is 5.97 Å². The molecule has 11 nitrogen and oxygen atoms in total. The number of ketones is 2. The molecule has 0 bridgehead atoms. The number of benzene rings is 1. The van der Waals surface area contributed by atoms with Gasteiger partial charge in [0.1, 0.15) is 24.7 Å². The van der Waals surface area contributed by atoms with Gasteiger partial charge in [0, 0.05) is 37.9 Å². The fourth-order valence-corrected chi connectivity index (χ4v) is 4.28. The van der Waals surface area contributed by atoms with Crippen LogP contribution in [0.5, 0.6) is 11.5 Å². The maximum absolute atomic E-state index is 12.8. The number of Topliss-reactive ketones (excluding diaryl/α,β-unsaturated/α-hetero) is 2. The maximum Gasteiger partial charge on any atom is 0.310 e. The quantitative estimate of drug-likeness (QED) is 0.150. The van der Waals surface area contributed by atoms with Crippen molar-refractivity contribution in [1.29, 1.82) is 0 Å². The first-order chi connectivity index (χ1) is 15.0. The molecule has 32 heavy (non-hydrogen) atoms. The van der Waals surface area contributed by atoms with E-state index in [-0.39, 0.29) is 35.8 Å². The van der Waals surface area contributed by atoms with E-state index in [1.54, 1.807) is 7.05 Å². The summed E-state index contributed by atoms with van der Waals surface area (Å²) in [6.45, 7) is -1.46. The van der Waals surface area contributed by atoms with Crippen molar-refractivity contribution in [2.45, 2.75) is 43.3 Å². The van der Waals surface area contributed by atoms with Gasteiger partial charge < -0.3 is 35.4 Å². The van der Waals surface area contributed by atoms with Gasteiger partial charge in [-0.15, -0.1) is 0 Å². The van der Waals surface area contributed by atoms with Crippen LogP contribution in [0.1, 0.15) is 41.6 Å². The average Bonchev–Trinajstić information content (AvgIpc) is 2.66. The minimum atomic E-state index is -2.19. The lowest BCUT2D eigenvalue weighted by atomic mass is 9.68. The first-order valence-corrected chi connectivity index (χ1v) is 10.1. The second-order valence-electron chi connectivity index (χ2n) is 8.11. The van der Waals surface area contributed by atoms with Gasteiger partial charge in [0.05, 0.1) is 29.3 Å². The minimum Gasteiger partial charge on any atom is -0.507 e. The van der Waals surface area contributed by atoms with Gasteiger partial charge in [0.2, 0.25) is 0 Å². The molecule has 11 heteroatoms. The van der Waals surface area contributed by atoms with Crippen LogP contribution in [0.15, 0.2) is 12.1 Å². The van der Waals surface area contributed by atoms with Crippen molar-refractivity contribution in [2.24, 2.45) is 5.92 Å². The van der Waals surface area contributed by atoms with Gasteiger partial charge in [-0.25, -0.2) is 0 Å². The lowest BCUT2D eigenvalue weighted by Crippen LogP contribution is -2.53. The van der Waals surface area contributed by atoms with E-state index in [4.69, 9.17) is 9.84 Å². The summed E-state index contributed by atoms with van der Waals surface area (Å²) >= 11 is 0. The number of hydrogen-bond donors (Lipinski definition) is 7. The van der Waals surface area contributed by atoms with Crippen LogP contribution >= 0.6 is 0 Å². The highest BCUT2D eigenvalue weighted by Gasteiger charge is 2.49. The Morgan fingerprint density at radius 3 is 2.53 bits per heavy atom. The Morgan fingerprint density at radius 2 is 1.97 bits per heavy atom. The standard InChI is InChI=1S/C21H29NO10/c1-22-11-32-17-3-2-14(25)19-12(17)7-20(30,8-16(19)27)10-21(31,4-5-23)13(9-24)15(26)6-18(28)29/h2-3,13,22-25,30-31H,4-11H2,1H3,(H,28,29). The number of aliphatic hydroxyl groups is 4. The number of carbonyl (C=O) groups excluding carboxylic acids is 2. The SMILES string of the molecule is CNCOc1ccc(O)c2c1CC(O)(CC(O)(CCO)C(CO)C(=O)CC(=O)O)CC2=O. The lowest BCUT2D eigenvalue weighted by Gasteiger charge is -2.42. The molecule has 7 N–H and O–H groups in total. The summed E-state index contributed by atoms with van der Waals surface area (Å²) in [6, 6.07) is 2.72. The van der Waals surface area contributed by atoms with Crippen molar-refractivity contribution in [1.82, 2.24) is 5.32 Å². The van der Waals surface area contributed by atoms with Gasteiger partial charge in [-0.1, -0.05) is 0 Å². The van der Waals surface area contributed by atoms with Gasteiger partial charge in [-0.3, -0.25) is 19.7 Å². The van der Waals surface area contributed by atoms with E-state index in [0.717, 1.165) is 0 Å². The number of carbonyl (C=O) groups is 3. The number of ether oxygens (including phenoxy) is 1. The Bertz CT molecular complexity index is 872. The number of aliphatic hydroxyl groups excluding tert-OH is 2. The van der Waals surface area contributed by atoms with Gasteiger partial charge in [-0.05, 0) is 19.2 Å². The van der Waals surface area contributed by atoms with Crippen molar-refractivity contribution in [2.75, 3.05) is 27.0 Å². The van der Waals surface area contributed by atoms with Crippen LogP contribution in [0.2, 0.25) is 0 Å². The predicted octanol–water partition coefficient (Wildman–Crippen LogP) is -1.04. The molecule has 3 atom stereocenters.